The second-order valence-electron chi connectivity index (χ2n) is 7.27. The third kappa shape index (κ3) is 3.42. The molecule has 1 fully saturated rings. The number of carbonyl (C=O) groups is 1. The van der Waals surface area contributed by atoms with Gasteiger partial charge in [-0.1, -0.05) is 18.2 Å². The summed E-state index contributed by atoms with van der Waals surface area (Å²) in [4.78, 5) is 15.2. The van der Waals surface area contributed by atoms with E-state index >= 15 is 0 Å². The Morgan fingerprint density at radius 2 is 1.68 bits per heavy atom. The molecule has 4 rings (SSSR count). The third-order valence-electron chi connectivity index (χ3n) is 5.37. The quantitative estimate of drug-likeness (QED) is 0.647. The van der Waals surface area contributed by atoms with Crippen LogP contribution in [-0.4, -0.2) is 40.7 Å². The van der Waals surface area contributed by atoms with Crippen LogP contribution in [0.3, 0.4) is 0 Å². The molecule has 1 aliphatic rings. The first-order valence-electron chi connectivity index (χ1n) is 9.23. The van der Waals surface area contributed by atoms with Crippen molar-refractivity contribution in [3.63, 3.8) is 0 Å². The van der Waals surface area contributed by atoms with E-state index in [9.17, 15) is 18.0 Å². The van der Waals surface area contributed by atoms with Crippen molar-refractivity contribution in [1.29, 1.82) is 0 Å². The van der Waals surface area contributed by atoms with E-state index in [2.05, 4.69) is 17.0 Å². The number of alkyl halides is 3. The van der Waals surface area contributed by atoms with E-state index in [0.717, 1.165) is 49.1 Å². The average molecular weight is 387 g/mol. The maximum absolute atomic E-state index is 13.0. The maximum Gasteiger partial charge on any atom is 0.416 e. The summed E-state index contributed by atoms with van der Waals surface area (Å²) in [5.41, 5.74) is 0.975. The van der Waals surface area contributed by atoms with Crippen LogP contribution < -0.4 is 0 Å². The first kappa shape index (κ1) is 18.7. The number of carbonyl (C=O) groups excluding carboxylic acids is 1. The van der Waals surface area contributed by atoms with Crippen molar-refractivity contribution in [3.8, 4) is 0 Å². The molecule has 7 heteroatoms. The SMILES string of the molecule is CN1CCC(c2nn(C(=O)c3ccc(C(F)(F)F)cc3)c3ccccc23)CC1. The van der Waals surface area contributed by atoms with Gasteiger partial charge in [-0.2, -0.15) is 23.0 Å². The van der Waals surface area contributed by atoms with Crippen LogP contribution in [0.4, 0.5) is 13.2 Å². The molecule has 146 valence electrons. The summed E-state index contributed by atoms with van der Waals surface area (Å²) in [5, 5.41) is 5.54. The van der Waals surface area contributed by atoms with E-state index in [1.807, 2.05) is 24.3 Å². The second-order valence-corrected chi connectivity index (χ2v) is 7.27. The predicted molar refractivity (Wildman–Crippen MR) is 100 cm³/mol. The number of hydrogen-bond donors (Lipinski definition) is 0. The van der Waals surface area contributed by atoms with Crippen LogP contribution in [0.5, 0.6) is 0 Å². The van der Waals surface area contributed by atoms with Crippen LogP contribution in [0.25, 0.3) is 10.9 Å². The van der Waals surface area contributed by atoms with Gasteiger partial charge in [-0.3, -0.25) is 4.79 Å². The highest BCUT2D eigenvalue weighted by molar-refractivity contribution is 6.01. The molecule has 28 heavy (non-hydrogen) atoms. The number of halogens is 3. The van der Waals surface area contributed by atoms with Gasteiger partial charge < -0.3 is 4.90 Å². The third-order valence-corrected chi connectivity index (χ3v) is 5.37. The highest BCUT2D eigenvalue weighted by Crippen LogP contribution is 2.33. The molecule has 0 amide bonds. The summed E-state index contributed by atoms with van der Waals surface area (Å²) < 4.78 is 39.7. The summed E-state index contributed by atoms with van der Waals surface area (Å²) in [6.45, 7) is 1.94. The lowest BCUT2D eigenvalue weighted by atomic mass is 9.92. The van der Waals surface area contributed by atoms with Crippen molar-refractivity contribution < 1.29 is 18.0 Å². The highest BCUT2D eigenvalue weighted by Gasteiger charge is 2.30. The number of fused-ring (bicyclic) bond motifs is 1. The van der Waals surface area contributed by atoms with Crippen LogP contribution in [0.15, 0.2) is 48.5 Å². The second kappa shape index (κ2) is 7.05. The van der Waals surface area contributed by atoms with E-state index in [4.69, 9.17) is 0 Å². The Morgan fingerprint density at radius 3 is 2.32 bits per heavy atom. The molecule has 1 saturated heterocycles. The zero-order chi connectivity index (χ0) is 19.9. The molecule has 0 saturated carbocycles. The van der Waals surface area contributed by atoms with Gasteiger partial charge in [0.15, 0.2) is 0 Å². The van der Waals surface area contributed by atoms with Gasteiger partial charge in [-0.25, -0.2) is 0 Å². The Bertz CT molecular complexity index is 1000. The molecule has 0 radical (unpaired) electrons. The molecule has 0 atom stereocenters. The fourth-order valence-corrected chi connectivity index (χ4v) is 3.75. The smallest absolute Gasteiger partial charge is 0.306 e. The summed E-state index contributed by atoms with van der Waals surface area (Å²) in [7, 11) is 2.08. The van der Waals surface area contributed by atoms with Crippen molar-refractivity contribution in [2.45, 2.75) is 24.9 Å². The molecule has 3 aromatic rings. The summed E-state index contributed by atoms with van der Waals surface area (Å²) in [6.07, 6.45) is -2.50. The monoisotopic (exact) mass is 387 g/mol. The Labute approximate surface area is 160 Å². The lowest BCUT2D eigenvalue weighted by Crippen LogP contribution is -2.29. The summed E-state index contributed by atoms with van der Waals surface area (Å²) in [5.74, 6) is -0.160. The van der Waals surface area contributed by atoms with Gasteiger partial charge in [0.2, 0.25) is 0 Å². The minimum absolute atomic E-state index is 0.177. The number of hydrogen-bond acceptors (Lipinski definition) is 3. The molecule has 0 spiro atoms. The van der Waals surface area contributed by atoms with Gasteiger partial charge in [0.1, 0.15) is 0 Å². The van der Waals surface area contributed by atoms with Crippen LogP contribution in [-0.2, 0) is 6.18 Å². The Kier molecular flexibility index (Phi) is 4.71. The van der Waals surface area contributed by atoms with E-state index < -0.39 is 17.6 Å². The lowest BCUT2D eigenvalue weighted by molar-refractivity contribution is -0.137. The minimum Gasteiger partial charge on any atom is -0.306 e. The van der Waals surface area contributed by atoms with Gasteiger partial charge in [-0.05, 0) is 63.3 Å². The number of rotatable bonds is 2. The minimum atomic E-state index is -4.43. The molecular weight excluding hydrogens is 367 g/mol. The van der Waals surface area contributed by atoms with Crippen LogP contribution in [0.1, 0.15) is 40.4 Å². The number of aromatic nitrogens is 2. The molecule has 4 nitrogen and oxygen atoms in total. The molecule has 2 aromatic carbocycles. The Balaban J connectivity index is 1.71. The van der Waals surface area contributed by atoms with Crippen LogP contribution in [0, 0.1) is 0 Å². The molecule has 2 heterocycles. The number of piperidine rings is 1. The molecule has 1 aromatic heterocycles. The van der Waals surface area contributed by atoms with E-state index in [1.54, 1.807) is 0 Å². The van der Waals surface area contributed by atoms with Crippen molar-refractivity contribution in [1.82, 2.24) is 14.7 Å². The summed E-state index contributed by atoms with van der Waals surface area (Å²) >= 11 is 0. The predicted octanol–water partition coefficient (Wildman–Crippen LogP) is 4.55. The van der Waals surface area contributed by atoms with E-state index in [0.29, 0.717) is 5.52 Å². The normalized spacial score (nSPS) is 16.6. The zero-order valence-corrected chi connectivity index (χ0v) is 15.4. The fourth-order valence-electron chi connectivity index (χ4n) is 3.75. The molecular formula is C21H20F3N3O. The van der Waals surface area contributed by atoms with E-state index in [-0.39, 0.29) is 11.5 Å². The first-order chi connectivity index (χ1) is 13.3. The molecule has 0 N–H and O–H groups in total. The maximum atomic E-state index is 13.0. The van der Waals surface area contributed by atoms with Gasteiger partial charge in [-0.15, -0.1) is 0 Å². The van der Waals surface area contributed by atoms with Crippen molar-refractivity contribution >= 4 is 16.8 Å². The zero-order valence-electron chi connectivity index (χ0n) is 15.4. The largest absolute Gasteiger partial charge is 0.416 e. The highest BCUT2D eigenvalue weighted by atomic mass is 19.4. The van der Waals surface area contributed by atoms with Crippen molar-refractivity contribution in [2.75, 3.05) is 20.1 Å². The Hall–Kier alpha value is -2.67. The Morgan fingerprint density at radius 1 is 1.04 bits per heavy atom. The van der Waals surface area contributed by atoms with Crippen LogP contribution >= 0.6 is 0 Å². The molecule has 1 aliphatic heterocycles. The number of para-hydroxylation sites is 1. The number of benzene rings is 2. The first-order valence-corrected chi connectivity index (χ1v) is 9.23. The lowest BCUT2D eigenvalue weighted by Gasteiger charge is -2.28. The van der Waals surface area contributed by atoms with Gasteiger partial charge >= 0.3 is 6.18 Å². The molecule has 0 aliphatic carbocycles. The van der Waals surface area contributed by atoms with E-state index in [1.165, 1.54) is 16.8 Å². The summed E-state index contributed by atoms with van der Waals surface area (Å²) in [6, 6.07) is 11.8. The van der Waals surface area contributed by atoms with Crippen LogP contribution in [0.2, 0.25) is 0 Å². The average Bonchev–Trinajstić information content (AvgIpc) is 3.07. The molecule has 0 bridgehead atoms. The standard InChI is InChI=1S/C21H20F3N3O/c1-26-12-10-14(11-13-26)19-17-4-2-3-5-18(17)27(25-19)20(28)15-6-8-16(9-7-15)21(22,23)24/h2-9,14H,10-13H2,1H3. The number of likely N-dealkylation sites (tertiary alicyclic amines) is 1. The topological polar surface area (TPSA) is 38.1 Å². The molecule has 0 unspecified atom stereocenters. The number of nitrogens with zero attached hydrogens (tertiary/aromatic N) is 3. The van der Waals surface area contributed by atoms with Crippen molar-refractivity contribution in [2.24, 2.45) is 0 Å². The van der Waals surface area contributed by atoms with Gasteiger partial charge in [0, 0.05) is 16.9 Å². The van der Waals surface area contributed by atoms with Crippen molar-refractivity contribution in [3.05, 3.63) is 65.4 Å². The van der Waals surface area contributed by atoms with Gasteiger partial charge in [0.05, 0.1) is 16.8 Å². The fraction of sp³-hybridized carbons (Fsp3) is 0.333. The van der Waals surface area contributed by atoms with Gasteiger partial charge in [0.25, 0.3) is 5.91 Å².